The molecule has 212 valence electrons. The van der Waals surface area contributed by atoms with Crippen molar-refractivity contribution in [3.05, 3.63) is 77.6 Å². The quantitative estimate of drug-likeness (QED) is 0.486. The maximum atomic E-state index is 12.8. The molecule has 0 atom stereocenters. The number of anilines is 1. The van der Waals surface area contributed by atoms with Gasteiger partial charge < -0.3 is 19.7 Å². The van der Waals surface area contributed by atoms with Crippen molar-refractivity contribution in [3.8, 4) is 11.8 Å². The third kappa shape index (κ3) is 7.84. The molecule has 1 N–H and O–H groups in total. The average molecular weight is 555 g/mol. The van der Waals surface area contributed by atoms with Gasteiger partial charge in [0.05, 0.1) is 6.61 Å². The highest BCUT2D eigenvalue weighted by atomic mass is 19.4. The molecule has 9 rings (SSSR count). The molecule has 0 aliphatic carbocycles. The molecule has 0 radical (unpaired) electrons. The zero-order chi connectivity index (χ0) is 28.0. The smallest absolute Gasteiger partial charge is 0.422 e. The Kier molecular flexibility index (Phi) is 8.69. The summed E-state index contributed by atoms with van der Waals surface area (Å²) in [6, 6.07) is 15.2. The van der Waals surface area contributed by atoms with Crippen molar-refractivity contribution in [2.45, 2.75) is 32.0 Å². The predicted octanol–water partition coefficient (Wildman–Crippen LogP) is 4.78. The largest absolute Gasteiger partial charge is 0.494 e. The molecule has 7 heterocycles. The first-order chi connectivity index (χ1) is 19.3. The van der Waals surface area contributed by atoms with Crippen molar-refractivity contribution in [3.63, 3.8) is 0 Å². The molecule has 8 bridgehead atoms. The van der Waals surface area contributed by atoms with E-state index in [9.17, 15) is 13.2 Å². The molecular weight excluding hydrogens is 521 g/mol. The van der Waals surface area contributed by atoms with Gasteiger partial charge in [0.15, 0.2) is 6.61 Å². The Morgan fingerprint density at radius 1 is 0.875 bits per heavy atom. The Balaban J connectivity index is 1.37. The maximum absolute atomic E-state index is 12.8. The number of rotatable bonds is 2. The van der Waals surface area contributed by atoms with Gasteiger partial charge in [0, 0.05) is 44.8 Å². The first-order valence-corrected chi connectivity index (χ1v) is 13.5. The van der Waals surface area contributed by atoms with Crippen molar-refractivity contribution in [2.75, 3.05) is 51.3 Å². The summed E-state index contributed by atoms with van der Waals surface area (Å²) in [6.07, 6.45) is -2.15. The van der Waals surface area contributed by atoms with Gasteiger partial charge >= 0.3 is 12.2 Å². The van der Waals surface area contributed by atoms with Crippen molar-refractivity contribution in [2.24, 2.45) is 0 Å². The summed E-state index contributed by atoms with van der Waals surface area (Å²) in [6.45, 7) is 8.75. The Morgan fingerprint density at radius 2 is 1.60 bits per heavy atom. The van der Waals surface area contributed by atoms with Crippen LogP contribution in [0.3, 0.4) is 0 Å². The van der Waals surface area contributed by atoms with Crippen molar-refractivity contribution < 1.29 is 22.6 Å². The average Bonchev–Trinajstić information content (AvgIpc) is 2.95. The molecule has 8 nitrogen and oxygen atoms in total. The lowest BCUT2D eigenvalue weighted by Crippen LogP contribution is -2.45. The van der Waals surface area contributed by atoms with Gasteiger partial charge in [0.1, 0.15) is 11.6 Å². The van der Waals surface area contributed by atoms with E-state index in [0.29, 0.717) is 25.4 Å². The van der Waals surface area contributed by atoms with E-state index in [-0.39, 0.29) is 12.0 Å². The molecule has 0 spiro atoms. The van der Waals surface area contributed by atoms with Crippen LogP contribution < -0.4 is 14.8 Å². The molecule has 0 saturated carbocycles. The van der Waals surface area contributed by atoms with E-state index in [1.165, 1.54) is 0 Å². The van der Waals surface area contributed by atoms with E-state index in [1.807, 2.05) is 48.5 Å². The second kappa shape index (κ2) is 12.5. The first-order valence-electron chi connectivity index (χ1n) is 13.5. The molecule has 6 aliphatic rings. The Labute approximate surface area is 231 Å². The second-order valence-electron chi connectivity index (χ2n) is 9.96. The summed E-state index contributed by atoms with van der Waals surface area (Å²) in [5.41, 5.74) is 3.86. The van der Waals surface area contributed by atoms with E-state index >= 15 is 0 Å². The number of halogens is 3. The normalized spacial score (nSPS) is 17.3. The highest BCUT2D eigenvalue weighted by Crippen LogP contribution is 2.22. The van der Waals surface area contributed by atoms with Gasteiger partial charge in [-0.2, -0.15) is 28.1 Å². The number of aromatic nitrogens is 3. The number of hydrogen-bond acceptors (Lipinski definition) is 8. The number of fused-ring (bicyclic) bond motifs is 1. The molecule has 2 aromatic carbocycles. The molecule has 11 heteroatoms. The van der Waals surface area contributed by atoms with E-state index in [0.717, 1.165) is 73.7 Å². The lowest BCUT2D eigenvalue weighted by molar-refractivity contribution is -0.154. The summed E-state index contributed by atoms with van der Waals surface area (Å²) < 4.78 is 49.1. The second-order valence-corrected chi connectivity index (χ2v) is 9.96. The van der Waals surface area contributed by atoms with Gasteiger partial charge in [0.2, 0.25) is 5.95 Å². The topological polar surface area (TPSA) is 75.6 Å². The van der Waals surface area contributed by atoms with Gasteiger partial charge in [-0.25, -0.2) is 0 Å². The number of hydrogen-bond donors (Lipinski definition) is 1. The molecular formula is C29H33F3N6O2. The number of piperazine rings is 1. The van der Waals surface area contributed by atoms with Crippen LogP contribution >= 0.6 is 0 Å². The van der Waals surface area contributed by atoms with E-state index in [1.54, 1.807) is 0 Å². The first kappa shape index (κ1) is 27.7. The fraction of sp³-hybridized carbons (Fsp3) is 0.414. The standard InChI is InChI=1S/C29H33F3N6O2/c1-21-24-8-4-22(5-9-24)18-26-34-27(36-28(35-26)40-20-29(30,31)32)33-19-23-6-10-25(11-7-23)39-17-3-2-12-37-13-15-38(21)16-14-37/h4-11H,1-3,12-20H2,(H,33,34,35,36). The van der Waals surface area contributed by atoms with Crippen molar-refractivity contribution in [1.82, 2.24) is 24.8 Å². The van der Waals surface area contributed by atoms with E-state index in [2.05, 4.69) is 36.6 Å². The van der Waals surface area contributed by atoms with Crippen LogP contribution in [-0.2, 0) is 13.0 Å². The summed E-state index contributed by atoms with van der Waals surface area (Å²) in [4.78, 5) is 17.4. The van der Waals surface area contributed by atoms with Crippen LogP contribution in [0.15, 0.2) is 55.1 Å². The SMILES string of the molecule is C=C1c2ccc(cc2)Cc2nc(nc(OCC(F)(F)F)n2)NCc2ccc(cc2)OCCCCN2CCN1CC2. The number of alkyl halides is 3. The summed E-state index contributed by atoms with van der Waals surface area (Å²) in [7, 11) is 0. The van der Waals surface area contributed by atoms with Gasteiger partial charge in [0.25, 0.3) is 0 Å². The van der Waals surface area contributed by atoms with Gasteiger partial charge in [-0.15, -0.1) is 0 Å². The summed E-state index contributed by atoms with van der Waals surface area (Å²) in [5.74, 6) is 1.23. The number of benzene rings is 2. The minimum absolute atomic E-state index is 0.140. The van der Waals surface area contributed by atoms with E-state index in [4.69, 9.17) is 9.47 Å². The van der Waals surface area contributed by atoms with Crippen molar-refractivity contribution in [1.29, 1.82) is 0 Å². The number of nitrogens with zero attached hydrogens (tertiary/aromatic N) is 5. The highest BCUT2D eigenvalue weighted by Gasteiger charge is 2.29. The molecule has 40 heavy (non-hydrogen) atoms. The fourth-order valence-corrected chi connectivity index (χ4v) is 4.70. The van der Waals surface area contributed by atoms with Crippen LogP contribution in [-0.4, -0.2) is 76.9 Å². The molecule has 0 unspecified atom stereocenters. The maximum Gasteiger partial charge on any atom is 0.422 e. The number of ether oxygens (including phenoxy) is 2. The van der Waals surface area contributed by atoms with Crippen LogP contribution in [0.1, 0.15) is 35.4 Å². The Bertz CT molecular complexity index is 1280. The molecule has 1 fully saturated rings. The minimum atomic E-state index is -4.51. The van der Waals surface area contributed by atoms with Crippen LogP contribution in [0.4, 0.5) is 19.1 Å². The van der Waals surface area contributed by atoms with Gasteiger partial charge in [-0.1, -0.05) is 43.0 Å². The van der Waals surface area contributed by atoms with Gasteiger partial charge in [-0.05, 0) is 48.2 Å². The monoisotopic (exact) mass is 554 g/mol. The molecule has 1 aromatic heterocycles. The van der Waals surface area contributed by atoms with Gasteiger partial charge in [-0.3, -0.25) is 4.90 Å². The lowest BCUT2D eigenvalue weighted by Gasteiger charge is -2.37. The molecule has 0 amide bonds. The fourth-order valence-electron chi connectivity index (χ4n) is 4.70. The zero-order valence-corrected chi connectivity index (χ0v) is 22.3. The minimum Gasteiger partial charge on any atom is -0.494 e. The van der Waals surface area contributed by atoms with Crippen molar-refractivity contribution >= 4 is 11.6 Å². The predicted molar refractivity (Wildman–Crippen MR) is 146 cm³/mol. The molecule has 6 aliphatic heterocycles. The molecule has 1 saturated heterocycles. The third-order valence-corrected chi connectivity index (χ3v) is 6.94. The Hall–Kier alpha value is -3.86. The third-order valence-electron chi connectivity index (χ3n) is 6.94. The zero-order valence-electron chi connectivity index (χ0n) is 22.3. The van der Waals surface area contributed by atoms with Crippen LogP contribution in [0.5, 0.6) is 11.8 Å². The number of nitrogens with one attached hydrogen (secondary N) is 1. The summed E-state index contributed by atoms with van der Waals surface area (Å²) >= 11 is 0. The summed E-state index contributed by atoms with van der Waals surface area (Å²) in [5, 5.41) is 3.08. The lowest BCUT2D eigenvalue weighted by atomic mass is 10.1. The van der Waals surface area contributed by atoms with Crippen LogP contribution in [0.2, 0.25) is 0 Å². The Morgan fingerprint density at radius 3 is 2.33 bits per heavy atom. The van der Waals surface area contributed by atoms with Crippen LogP contribution in [0.25, 0.3) is 5.70 Å². The highest BCUT2D eigenvalue weighted by molar-refractivity contribution is 5.62. The van der Waals surface area contributed by atoms with Crippen LogP contribution in [0, 0.1) is 0 Å². The molecule has 3 aromatic rings. The van der Waals surface area contributed by atoms with E-state index < -0.39 is 12.8 Å².